The lowest BCUT2D eigenvalue weighted by Gasteiger charge is -2.22. The van der Waals surface area contributed by atoms with Crippen molar-refractivity contribution in [3.63, 3.8) is 0 Å². The molecule has 0 saturated carbocycles. The first-order valence-corrected chi connectivity index (χ1v) is 10.8. The number of sulfonamides is 1. The zero-order valence-corrected chi connectivity index (χ0v) is 17.4. The van der Waals surface area contributed by atoms with Gasteiger partial charge in [0.15, 0.2) is 11.5 Å². The highest BCUT2D eigenvalue weighted by Crippen LogP contribution is 2.25. The van der Waals surface area contributed by atoms with Gasteiger partial charge in [-0.15, -0.1) is 0 Å². The van der Waals surface area contributed by atoms with E-state index in [9.17, 15) is 17.6 Å². The zero-order valence-electron chi connectivity index (χ0n) is 16.6. The van der Waals surface area contributed by atoms with Crippen molar-refractivity contribution in [1.29, 1.82) is 0 Å². The minimum absolute atomic E-state index is 0.165. The molecule has 1 atom stereocenters. The van der Waals surface area contributed by atoms with E-state index in [4.69, 9.17) is 9.47 Å². The molecule has 29 heavy (non-hydrogen) atoms. The monoisotopic (exact) mass is 424 g/mol. The third kappa shape index (κ3) is 7.03. The van der Waals surface area contributed by atoms with Crippen molar-refractivity contribution in [2.75, 3.05) is 26.5 Å². The smallest absolute Gasteiger partial charge is 0.235 e. The number of carbonyl (C=O) groups excluding carboxylic acids is 1. The van der Waals surface area contributed by atoms with Crippen LogP contribution in [-0.4, -0.2) is 51.2 Å². The van der Waals surface area contributed by atoms with E-state index in [2.05, 4.69) is 5.32 Å². The number of hydrogen-bond donors (Lipinski definition) is 1. The molecule has 0 aliphatic rings. The highest BCUT2D eigenvalue weighted by molar-refractivity contribution is 7.88. The summed E-state index contributed by atoms with van der Waals surface area (Å²) in [4.78, 5) is 12.3. The zero-order chi connectivity index (χ0) is 21.4. The minimum Gasteiger partial charge on any atom is -0.493 e. The molecule has 158 valence electrons. The maximum atomic E-state index is 13.9. The van der Waals surface area contributed by atoms with Crippen LogP contribution in [0.5, 0.6) is 11.5 Å². The van der Waals surface area contributed by atoms with E-state index in [1.54, 1.807) is 31.2 Å². The number of nitrogens with one attached hydrogen (secondary N) is 1. The summed E-state index contributed by atoms with van der Waals surface area (Å²) >= 11 is 0. The lowest BCUT2D eigenvalue weighted by Crippen LogP contribution is -2.44. The van der Waals surface area contributed by atoms with Gasteiger partial charge in [-0.05, 0) is 25.1 Å². The number of rotatable bonds is 10. The van der Waals surface area contributed by atoms with Gasteiger partial charge in [-0.3, -0.25) is 4.79 Å². The van der Waals surface area contributed by atoms with Gasteiger partial charge in [0.25, 0.3) is 0 Å². The first kappa shape index (κ1) is 22.6. The first-order chi connectivity index (χ1) is 13.7. The molecule has 0 unspecified atom stereocenters. The van der Waals surface area contributed by atoms with Crippen LogP contribution in [0.2, 0.25) is 0 Å². The van der Waals surface area contributed by atoms with Crippen molar-refractivity contribution in [1.82, 2.24) is 9.62 Å². The molecule has 2 aromatic carbocycles. The van der Waals surface area contributed by atoms with E-state index in [0.29, 0.717) is 11.5 Å². The Morgan fingerprint density at radius 3 is 2.38 bits per heavy atom. The topological polar surface area (TPSA) is 84.9 Å². The van der Waals surface area contributed by atoms with Crippen LogP contribution >= 0.6 is 0 Å². The lowest BCUT2D eigenvalue weighted by atomic mass is 10.2. The van der Waals surface area contributed by atoms with E-state index in [1.165, 1.54) is 25.3 Å². The van der Waals surface area contributed by atoms with Crippen molar-refractivity contribution < 1.29 is 27.1 Å². The number of para-hydroxylation sites is 2. The molecule has 0 saturated heterocycles. The summed E-state index contributed by atoms with van der Waals surface area (Å²) in [6.45, 7) is 1.24. The molecule has 0 aliphatic carbocycles. The number of nitrogens with zero attached hydrogens (tertiary/aromatic N) is 1. The summed E-state index contributed by atoms with van der Waals surface area (Å²) in [5.74, 6) is 0.0654. The Morgan fingerprint density at radius 1 is 1.14 bits per heavy atom. The van der Waals surface area contributed by atoms with Crippen LogP contribution in [0.15, 0.2) is 48.5 Å². The van der Waals surface area contributed by atoms with Gasteiger partial charge in [0.2, 0.25) is 15.9 Å². The normalized spacial score (nSPS) is 12.4. The van der Waals surface area contributed by atoms with Gasteiger partial charge < -0.3 is 14.8 Å². The summed E-state index contributed by atoms with van der Waals surface area (Å²) in [7, 11) is -2.19. The molecule has 2 rings (SSSR count). The molecular formula is C20H25FN2O5S. The molecule has 0 aromatic heterocycles. The van der Waals surface area contributed by atoms with E-state index in [0.717, 1.165) is 10.6 Å². The van der Waals surface area contributed by atoms with Crippen molar-refractivity contribution in [3.8, 4) is 11.5 Å². The highest BCUT2D eigenvalue weighted by atomic mass is 32.2. The van der Waals surface area contributed by atoms with Gasteiger partial charge >= 0.3 is 0 Å². The van der Waals surface area contributed by atoms with Crippen molar-refractivity contribution in [2.24, 2.45) is 0 Å². The van der Waals surface area contributed by atoms with Gasteiger partial charge in [-0.1, -0.05) is 30.3 Å². The third-order valence-corrected chi connectivity index (χ3v) is 5.26. The Bertz CT molecular complexity index is 936. The van der Waals surface area contributed by atoms with E-state index < -0.39 is 28.3 Å². The Morgan fingerprint density at radius 2 is 1.76 bits per heavy atom. The summed E-state index contributed by atoms with van der Waals surface area (Å²) in [6.07, 6.45) is 0.981. The van der Waals surface area contributed by atoms with Crippen LogP contribution in [-0.2, 0) is 21.4 Å². The Kier molecular flexibility index (Phi) is 7.98. The fraction of sp³-hybridized carbons (Fsp3) is 0.350. The second kappa shape index (κ2) is 10.2. The lowest BCUT2D eigenvalue weighted by molar-refractivity contribution is -0.122. The minimum atomic E-state index is -3.72. The van der Waals surface area contributed by atoms with Crippen LogP contribution < -0.4 is 14.8 Å². The molecule has 9 heteroatoms. The summed E-state index contributed by atoms with van der Waals surface area (Å²) < 4.78 is 49.7. The van der Waals surface area contributed by atoms with Crippen molar-refractivity contribution >= 4 is 15.9 Å². The Labute approximate surface area is 170 Å². The summed E-state index contributed by atoms with van der Waals surface area (Å²) in [5.41, 5.74) is 0.193. The maximum Gasteiger partial charge on any atom is 0.235 e. The molecule has 0 aliphatic heterocycles. The summed E-state index contributed by atoms with van der Waals surface area (Å²) in [5, 5.41) is 2.69. The molecule has 0 radical (unpaired) electrons. The molecule has 0 bridgehead atoms. The number of benzene rings is 2. The molecular weight excluding hydrogens is 399 g/mol. The first-order valence-electron chi connectivity index (χ1n) is 8.94. The van der Waals surface area contributed by atoms with E-state index in [-0.39, 0.29) is 24.8 Å². The third-order valence-electron chi connectivity index (χ3n) is 4.06. The van der Waals surface area contributed by atoms with Gasteiger partial charge in [0.1, 0.15) is 12.4 Å². The van der Waals surface area contributed by atoms with Crippen molar-refractivity contribution in [3.05, 3.63) is 59.9 Å². The molecule has 1 N–H and O–H groups in total. The molecule has 1 amide bonds. The Hall–Kier alpha value is -2.65. The summed E-state index contributed by atoms with van der Waals surface area (Å²) in [6, 6.07) is 12.6. The molecule has 0 spiro atoms. The SMILES string of the molecule is COc1ccccc1OC[C@@H](C)NC(=O)CN(Cc1ccccc1F)S(C)(=O)=O. The predicted octanol–water partition coefficient (Wildman–Crippen LogP) is 2.18. The number of carbonyl (C=O) groups is 1. The van der Waals surface area contributed by atoms with Crippen molar-refractivity contribution in [2.45, 2.75) is 19.5 Å². The Balaban J connectivity index is 1.94. The number of methoxy groups -OCH3 is 1. The predicted molar refractivity (Wildman–Crippen MR) is 108 cm³/mol. The van der Waals surface area contributed by atoms with Gasteiger partial charge in [0, 0.05) is 12.1 Å². The highest BCUT2D eigenvalue weighted by Gasteiger charge is 2.22. The van der Waals surface area contributed by atoms with Gasteiger partial charge in [-0.25, -0.2) is 12.8 Å². The molecule has 0 heterocycles. The molecule has 0 fully saturated rings. The standard InChI is InChI=1S/C20H25FN2O5S/c1-15(14-28-19-11-7-6-10-18(19)27-2)22-20(24)13-23(29(3,25)26)12-16-8-4-5-9-17(16)21/h4-11,15H,12-14H2,1-3H3,(H,22,24)/t15-/m1/s1. The molecule has 7 nitrogen and oxygen atoms in total. The maximum absolute atomic E-state index is 13.9. The molecule has 2 aromatic rings. The number of hydrogen-bond acceptors (Lipinski definition) is 5. The van der Waals surface area contributed by atoms with Crippen LogP contribution in [0.3, 0.4) is 0 Å². The average Bonchev–Trinajstić information content (AvgIpc) is 2.67. The van der Waals surface area contributed by atoms with Crippen LogP contribution in [0.4, 0.5) is 4.39 Å². The average molecular weight is 424 g/mol. The van der Waals surface area contributed by atoms with Crippen LogP contribution in [0.25, 0.3) is 0 Å². The fourth-order valence-corrected chi connectivity index (χ4v) is 3.31. The number of halogens is 1. The second-order valence-corrected chi connectivity index (χ2v) is 8.54. The fourth-order valence-electron chi connectivity index (χ4n) is 2.58. The number of ether oxygens (including phenoxy) is 2. The quantitative estimate of drug-likeness (QED) is 0.632. The van der Waals surface area contributed by atoms with Crippen LogP contribution in [0, 0.1) is 5.82 Å². The second-order valence-electron chi connectivity index (χ2n) is 6.55. The van der Waals surface area contributed by atoms with E-state index in [1.807, 2.05) is 6.07 Å². The van der Waals surface area contributed by atoms with Crippen LogP contribution in [0.1, 0.15) is 12.5 Å². The van der Waals surface area contributed by atoms with Gasteiger partial charge in [0.05, 0.1) is 26.0 Å². The number of amides is 1. The van der Waals surface area contributed by atoms with Gasteiger partial charge in [-0.2, -0.15) is 4.31 Å². The van der Waals surface area contributed by atoms with E-state index >= 15 is 0 Å². The largest absolute Gasteiger partial charge is 0.493 e.